The van der Waals surface area contributed by atoms with Gasteiger partial charge < -0.3 is 5.11 Å². The molecule has 0 spiro atoms. The van der Waals surface area contributed by atoms with Gasteiger partial charge in [-0.25, -0.2) is 4.98 Å². The summed E-state index contributed by atoms with van der Waals surface area (Å²) in [6, 6.07) is 0. The van der Waals surface area contributed by atoms with Crippen molar-refractivity contribution in [3.8, 4) is 0 Å². The molecule has 2 rings (SSSR count). The maximum atomic E-state index is 9.98. The molecule has 1 aromatic rings. The molecule has 1 aromatic heterocycles. The second kappa shape index (κ2) is 5.00. The number of aromatic nitrogens is 1. The molecule has 1 aliphatic rings. The highest BCUT2D eigenvalue weighted by atomic mass is 35.5. The van der Waals surface area contributed by atoms with Crippen LogP contribution < -0.4 is 0 Å². The molecular weight excluding hydrogens is 244 g/mol. The highest BCUT2D eigenvalue weighted by molar-refractivity contribution is 7.15. The maximum Gasteiger partial charge on any atom is 0.183 e. The van der Waals surface area contributed by atoms with Crippen molar-refractivity contribution >= 4 is 22.9 Å². The molecule has 2 heterocycles. The predicted molar refractivity (Wildman–Crippen MR) is 66.9 cm³/mol. The Balaban J connectivity index is 1.91. The molecule has 1 saturated heterocycles. The summed E-state index contributed by atoms with van der Waals surface area (Å²) in [4.78, 5) is 7.61. The topological polar surface area (TPSA) is 36.4 Å². The van der Waals surface area contributed by atoms with Gasteiger partial charge in [0.15, 0.2) is 4.47 Å². The number of hydrogen-bond acceptors (Lipinski definition) is 4. The van der Waals surface area contributed by atoms with E-state index in [-0.39, 0.29) is 0 Å². The van der Waals surface area contributed by atoms with E-state index in [9.17, 15) is 5.11 Å². The quantitative estimate of drug-likeness (QED) is 0.888. The molecule has 1 unspecified atom stereocenters. The zero-order valence-electron chi connectivity index (χ0n) is 9.45. The van der Waals surface area contributed by atoms with Gasteiger partial charge in [0.2, 0.25) is 0 Å². The number of aliphatic hydroxyl groups is 1. The Morgan fingerprint density at radius 2 is 2.38 bits per heavy atom. The van der Waals surface area contributed by atoms with Gasteiger partial charge in [0.1, 0.15) is 0 Å². The van der Waals surface area contributed by atoms with Gasteiger partial charge in [-0.1, -0.05) is 11.6 Å². The Labute approximate surface area is 105 Å². The lowest BCUT2D eigenvalue weighted by Gasteiger charge is -2.21. The molecule has 0 aromatic carbocycles. The summed E-state index contributed by atoms with van der Waals surface area (Å²) in [5, 5.41) is 9.98. The van der Waals surface area contributed by atoms with Crippen LogP contribution in [0.15, 0.2) is 6.20 Å². The zero-order chi connectivity index (χ0) is 11.6. The summed E-state index contributed by atoms with van der Waals surface area (Å²) in [6.45, 7) is 4.83. The Morgan fingerprint density at radius 1 is 1.56 bits per heavy atom. The average Bonchev–Trinajstić information content (AvgIpc) is 2.52. The van der Waals surface area contributed by atoms with Crippen molar-refractivity contribution in [3.63, 3.8) is 0 Å². The highest BCUT2D eigenvalue weighted by Crippen LogP contribution is 2.24. The lowest BCUT2D eigenvalue weighted by atomic mass is 9.98. The minimum absolute atomic E-state index is 0.486. The van der Waals surface area contributed by atoms with Crippen LogP contribution in [0.2, 0.25) is 4.47 Å². The van der Waals surface area contributed by atoms with E-state index in [1.54, 1.807) is 0 Å². The molecule has 0 saturated carbocycles. The standard InChI is InChI=1S/C11H17ClN2OS/c1-11(15)3-2-5-14(6-4-11)8-9-7-13-10(12)16-9/h7,15H,2-6,8H2,1H3. The first-order chi connectivity index (χ1) is 7.55. The number of rotatable bonds is 2. The number of likely N-dealkylation sites (tertiary alicyclic amines) is 1. The molecule has 16 heavy (non-hydrogen) atoms. The van der Waals surface area contributed by atoms with E-state index in [2.05, 4.69) is 9.88 Å². The van der Waals surface area contributed by atoms with Crippen LogP contribution in [0.4, 0.5) is 0 Å². The maximum absolute atomic E-state index is 9.98. The summed E-state index contributed by atoms with van der Waals surface area (Å²) < 4.78 is 0.608. The number of halogens is 1. The van der Waals surface area contributed by atoms with Crippen molar-refractivity contribution in [1.82, 2.24) is 9.88 Å². The van der Waals surface area contributed by atoms with Crippen LogP contribution in [-0.2, 0) is 6.54 Å². The van der Waals surface area contributed by atoms with Crippen molar-refractivity contribution in [2.45, 2.75) is 38.3 Å². The van der Waals surface area contributed by atoms with E-state index >= 15 is 0 Å². The average molecular weight is 261 g/mol. The summed E-state index contributed by atoms with van der Waals surface area (Å²) >= 11 is 7.34. The zero-order valence-corrected chi connectivity index (χ0v) is 11.0. The Bertz CT molecular complexity index is 354. The van der Waals surface area contributed by atoms with E-state index < -0.39 is 5.60 Å². The van der Waals surface area contributed by atoms with E-state index in [1.165, 1.54) is 16.2 Å². The van der Waals surface area contributed by atoms with Gasteiger partial charge in [-0.3, -0.25) is 4.90 Å². The SMILES string of the molecule is CC1(O)CCCN(Cc2cnc(Cl)s2)CC1. The monoisotopic (exact) mass is 260 g/mol. The van der Waals surface area contributed by atoms with Crippen molar-refractivity contribution in [1.29, 1.82) is 0 Å². The number of hydrogen-bond donors (Lipinski definition) is 1. The predicted octanol–water partition coefficient (Wildman–Crippen LogP) is 2.53. The van der Waals surface area contributed by atoms with Crippen LogP contribution in [0.3, 0.4) is 0 Å². The van der Waals surface area contributed by atoms with Gasteiger partial charge in [-0.15, -0.1) is 11.3 Å². The number of thiazole rings is 1. The smallest absolute Gasteiger partial charge is 0.183 e. The molecule has 1 fully saturated rings. The summed E-state index contributed by atoms with van der Waals surface area (Å²) in [7, 11) is 0. The molecule has 0 radical (unpaired) electrons. The fraction of sp³-hybridized carbons (Fsp3) is 0.727. The lowest BCUT2D eigenvalue weighted by molar-refractivity contribution is 0.0444. The van der Waals surface area contributed by atoms with Gasteiger partial charge in [0.25, 0.3) is 0 Å². The van der Waals surface area contributed by atoms with Crippen molar-refractivity contribution in [2.24, 2.45) is 0 Å². The minimum atomic E-state index is -0.486. The van der Waals surface area contributed by atoms with Crippen LogP contribution in [0.5, 0.6) is 0 Å². The molecule has 90 valence electrons. The molecule has 0 bridgehead atoms. The van der Waals surface area contributed by atoms with Gasteiger partial charge in [0, 0.05) is 24.2 Å². The molecule has 1 atom stereocenters. The lowest BCUT2D eigenvalue weighted by Crippen LogP contribution is -2.27. The molecule has 3 nitrogen and oxygen atoms in total. The fourth-order valence-corrected chi connectivity index (χ4v) is 3.07. The molecule has 1 aliphatic heterocycles. The molecule has 0 aliphatic carbocycles. The van der Waals surface area contributed by atoms with Crippen molar-refractivity contribution < 1.29 is 5.11 Å². The van der Waals surface area contributed by atoms with Crippen LogP contribution in [0, 0.1) is 0 Å². The minimum Gasteiger partial charge on any atom is -0.390 e. The normalized spacial score (nSPS) is 27.9. The van der Waals surface area contributed by atoms with Crippen LogP contribution in [0.25, 0.3) is 0 Å². The third-order valence-corrected chi connectivity index (χ3v) is 4.16. The highest BCUT2D eigenvalue weighted by Gasteiger charge is 2.24. The summed E-state index contributed by atoms with van der Waals surface area (Å²) in [5.41, 5.74) is -0.486. The largest absolute Gasteiger partial charge is 0.390 e. The first-order valence-corrected chi connectivity index (χ1v) is 6.80. The number of nitrogens with zero attached hydrogens (tertiary/aromatic N) is 2. The van der Waals surface area contributed by atoms with E-state index in [0.717, 1.165) is 38.9 Å². The van der Waals surface area contributed by atoms with Crippen molar-refractivity contribution in [2.75, 3.05) is 13.1 Å². The van der Waals surface area contributed by atoms with Crippen LogP contribution >= 0.6 is 22.9 Å². The summed E-state index contributed by atoms with van der Waals surface area (Å²) in [6.07, 6.45) is 4.64. The Kier molecular flexibility index (Phi) is 3.85. The van der Waals surface area contributed by atoms with Crippen LogP contribution in [0.1, 0.15) is 31.1 Å². The summed E-state index contributed by atoms with van der Waals surface area (Å²) in [5.74, 6) is 0. The second-order valence-corrected chi connectivity index (χ2v) is 6.40. The molecular formula is C11H17ClN2OS. The van der Waals surface area contributed by atoms with Crippen molar-refractivity contribution in [3.05, 3.63) is 15.5 Å². The van der Waals surface area contributed by atoms with Crippen LogP contribution in [-0.4, -0.2) is 33.7 Å². The van der Waals surface area contributed by atoms with E-state index in [1.807, 2.05) is 13.1 Å². The first-order valence-electron chi connectivity index (χ1n) is 5.60. The Morgan fingerprint density at radius 3 is 3.06 bits per heavy atom. The van der Waals surface area contributed by atoms with Gasteiger partial charge in [-0.05, 0) is 32.7 Å². The Hall–Kier alpha value is -0.160. The molecule has 0 amide bonds. The van der Waals surface area contributed by atoms with Gasteiger partial charge >= 0.3 is 0 Å². The van der Waals surface area contributed by atoms with Gasteiger partial charge in [0.05, 0.1) is 5.60 Å². The molecule has 5 heteroatoms. The fourth-order valence-electron chi connectivity index (χ4n) is 2.05. The van der Waals surface area contributed by atoms with Gasteiger partial charge in [-0.2, -0.15) is 0 Å². The van der Waals surface area contributed by atoms with E-state index in [4.69, 9.17) is 11.6 Å². The first kappa shape index (κ1) is 12.3. The molecule has 1 N–H and O–H groups in total. The third-order valence-electron chi connectivity index (χ3n) is 3.06. The second-order valence-electron chi connectivity index (χ2n) is 4.71. The van der Waals surface area contributed by atoms with E-state index in [0.29, 0.717) is 4.47 Å². The third kappa shape index (κ3) is 3.42.